The highest BCUT2D eigenvalue weighted by Gasteiger charge is 2.14. The van der Waals surface area contributed by atoms with Crippen molar-refractivity contribution >= 4 is 17.4 Å². The van der Waals surface area contributed by atoms with Crippen molar-refractivity contribution in [3.8, 4) is 17.2 Å². The molecule has 1 heterocycles. The number of fused-ring (bicyclic) bond motifs is 1. The van der Waals surface area contributed by atoms with Gasteiger partial charge >= 0.3 is 6.03 Å². The van der Waals surface area contributed by atoms with Crippen molar-refractivity contribution in [2.45, 2.75) is 6.92 Å². The molecule has 0 radical (unpaired) electrons. The maximum atomic E-state index is 12.0. The zero-order chi connectivity index (χ0) is 15.4. The lowest BCUT2D eigenvalue weighted by Gasteiger charge is -2.09. The highest BCUT2D eigenvalue weighted by molar-refractivity contribution is 5.99. The van der Waals surface area contributed by atoms with Gasteiger partial charge in [0.25, 0.3) is 0 Å². The van der Waals surface area contributed by atoms with E-state index in [4.69, 9.17) is 14.2 Å². The number of anilines is 2. The molecule has 0 atom stereocenters. The van der Waals surface area contributed by atoms with Crippen LogP contribution in [0.5, 0.6) is 17.2 Å². The number of carbonyl (C=O) groups excluding carboxylic acids is 1. The van der Waals surface area contributed by atoms with E-state index >= 15 is 0 Å². The van der Waals surface area contributed by atoms with Gasteiger partial charge in [-0.2, -0.15) is 0 Å². The first kappa shape index (κ1) is 14.1. The second kappa shape index (κ2) is 6.26. The van der Waals surface area contributed by atoms with E-state index in [1.165, 1.54) is 0 Å². The van der Waals surface area contributed by atoms with Crippen LogP contribution in [0.1, 0.15) is 6.92 Å². The van der Waals surface area contributed by atoms with Gasteiger partial charge in [0.2, 0.25) is 6.79 Å². The third kappa shape index (κ3) is 3.22. The Balaban J connectivity index is 1.60. The fraction of sp³-hybridized carbons (Fsp3) is 0.188. The molecule has 0 saturated carbocycles. The quantitative estimate of drug-likeness (QED) is 0.907. The summed E-state index contributed by atoms with van der Waals surface area (Å²) in [6, 6.07) is 12.1. The summed E-state index contributed by atoms with van der Waals surface area (Å²) in [6.07, 6.45) is 0. The molecule has 2 aromatic rings. The van der Waals surface area contributed by atoms with Crippen molar-refractivity contribution in [1.82, 2.24) is 0 Å². The first-order chi connectivity index (χ1) is 10.7. The van der Waals surface area contributed by atoms with Gasteiger partial charge in [0.1, 0.15) is 5.75 Å². The zero-order valence-corrected chi connectivity index (χ0v) is 12.1. The topological polar surface area (TPSA) is 68.8 Å². The van der Waals surface area contributed by atoms with E-state index in [0.717, 1.165) is 5.75 Å². The summed E-state index contributed by atoms with van der Waals surface area (Å²) in [7, 11) is 0. The number of urea groups is 1. The van der Waals surface area contributed by atoms with Gasteiger partial charge in [0.15, 0.2) is 11.5 Å². The van der Waals surface area contributed by atoms with E-state index in [0.29, 0.717) is 29.5 Å². The van der Waals surface area contributed by atoms with Crippen molar-refractivity contribution in [2.24, 2.45) is 0 Å². The number of carbonyl (C=O) groups is 1. The van der Waals surface area contributed by atoms with Crippen LogP contribution in [0.25, 0.3) is 0 Å². The lowest BCUT2D eigenvalue weighted by atomic mass is 10.3. The predicted molar refractivity (Wildman–Crippen MR) is 82.8 cm³/mol. The van der Waals surface area contributed by atoms with Gasteiger partial charge in [-0.05, 0) is 43.3 Å². The standard InChI is InChI=1S/C16H16N2O4/c1-2-20-13-6-3-11(4-7-13)17-16(19)18-12-5-8-14-15(9-12)22-10-21-14/h3-9H,2,10H2,1H3,(H2,17,18,19). The fourth-order valence-corrected chi connectivity index (χ4v) is 2.07. The molecular weight excluding hydrogens is 284 g/mol. The Morgan fingerprint density at radius 1 is 1.05 bits per heavy atom. The van der Waals surface area contributed by atoms with E-state index in [1.807, 2.05) is 6.92 Å². The number of rotatable bonds is 4. The third-order valence-electron chi connectivity index (χ3n) is 3.05. The molecule has 1 aliphatic heterocycles. The monoisotopic (exact) mass is 300 g/mol. The Hall–Kier alpha value is -2.89. The lowest BCUT2D eigenvalue weighted by molar-refractivity contribution is 0.174. The summed E-state index contributed by atoms with van der Waals surface area (Å²) in [5, 5.41) is 5.49. The Morgan fingerprint density at radius 3 is 2.50 bits per heavy atom. The molecule has 114 valence electrons. The van der Waals surface area contributed by atoms with Gasteiger partial charge in [-0.3, -0.25) is 0 Å². The molecule has 0 aromatic heterocycles. The summed E-state index contributed by atoms with van der Waals surface area (Å²) in [5.41, 5.74) is 1.31. The van der Waals surface area contributed by atoms with Gasteiger partial charge in [0, 0.05) is 17.4 Å². The first-order valence-corrected chi connectivity index (χ1v) is 6.95. The smallest absolute Gasteiger partial charge is 0.323 e. The number of hydrogen-bond donors (Lipinski definition) is 2. The van der Waals surface area contributed by atoms with Crippen molar-refractivity contribution in [1.29, 1.82) is 0 Å². The zero-order valence-electron chi connectivity index (χ0n) is 12.1. The van der Waals surface area contributed by atoms with Crippen molar-refractivity contribution in [3.63, 3.8) is 0 Å². The molecule has 2 N–H and O–H groups in total. The number of nitrogens with one attached hydrogen (secondary N) is 2. The van der Waals surface area contributed by atoms with E-state index in [2.05, 4.69) is 10.6 Å². The molecule has 0 spiro atoms. The molecule has 0 aliphatic carbocycles. The van der Waals surface area contributed by atoms with Gasteiger partial charge in [-0.15, -0.1) is 0 Å². The number of benzene rings is 2. The van der Waals surface area contributed by atoms with Gasteiger partial charge in [-0.25, -0.2) is 4.79 Å². The second-order valence-electron chi connectivity index (χ2n) is 4.60. The molecule has 2 aromatic carbocycles. The summed E-state index contributed by atoms with van der Waals surface area (Å²) in [4.78, 5) is 12.0. The van der Waals surface area contributed by atoms with Crippen LogP contribution in [-0.4, -0.2) is 19.4 Å². The Morgan fingerprint density at radius 2 is 1.73 bits per heavy atom. The number of hydrogen-bond acceptors (Lipinski definition) is 4. The maximum Gasteiger partial charge on any atom is 0.323 e. The Labute approximate surface area is 128 Å². The SMILES string of the molecule is CCOc1ccc(NC(=O)Nc2ccc3c(c2)OCO3)cc1. The second-order valence-corrected chi connectivity index (χ2v) is 4.60. The van der Waals surface area contributed by atoms with E-state index in [9.17, 15) is 4.79 Å². The van der Waals surface area contributed by atoms with Crippen LogP contribution in [0, 0.1) is 0 Å². The molecule has 22 heavy (non-hydrogen) atoms. The summed E-state index contributed by atoms with van der Waals surface area (Å²) in [6.45, 7) is 2.74. The minimum Gasteiger partial charge on any atom is -0.494 e. The van der Waals surface area contributed by atoms with E-state index in [1.54, 1.807) is 42.5 Å². The van der Waals surface area contributed by atoms with Crippen LogP contribution in [0.4, 0.5) is 16.2 Å². The van der Waals surface area contributed by atoms with Crippen molar-refractivity contribution < 1.29 is 19.0 Å². The van der Waals surface area contributed by atoms with Gasteiger partial charge < -0.3 is 24.8 Å². The number of amides is 2. The molecule has 0 unspecified atom stereocenters. The molecule has 0 saturated heterocycles. The van der Waals surface area contributed by atoms with Crippen molar-refractivity contribution in [2.75, 3.05) is 24.0 Å². The average molecular weight is 300 g/mol. The van der Waals surface area contributed by atoms with Crippen molar-refractivity contribution in [3.05, 3.63) is 42.5 Å². The molecule has 3 rings (SSSR count). The highest BCUT2D eigenvalue weighted by atomic mass is 16.7. The van der Waals surface area contributed by atoms with Gasteiger partial charge in [-0.1, -0.05) is 0 Å². The largest absolute Gasteiger partial charge is 0.494 e. The van der Waals surface area contributed by atoms with Crippen LogP contribution in [-0.2, 0) is 0 Å². The fourth-order valence-electron chi connectivity index (χ4n) is 2.07. The van der Waals surface area contributed by atoms with Crippen LogP contribution in [0.3, 0.4) is 0 Å². The lowest BCUT2D eigenvalue weighted by Crippen LogP contribution is -2.19. The van der Waals surface area contributed by atoms with Crippen LogP contribution in [0.15, 0.2) is 42.5 Å². The Kier molecular flexibility index (Phi) is 4.00. The summed E-state index contributed by atoms with van der Waals surface area (Å²) >= 11 is 0. The molecule has 1 aliphatic rings. The van der Waals surface area contributed by atoms with Crippen LogP contribution in [0.2, 0.25) is 0 Å². The predicted octanol–water partition coefficient (Wildman–Crippen LogP) is 3.46. The van der Waals surface area contributed by atoms with E-state index < -0.39 is 0 Å². The molecule has 2 amide bonds. The molecule has 6 heteroatoms. The normalized spacial score (nSPS) is 11.9. The van der Waals surface area contributed by atoms with E-state index in [-0.39, 0.29) is 12.8 Å². The van der Waals surface area contributed by atoms with Crippen LogP contribution >= 0.6 is 0 Å². The third-order valence-corrected chi connectivity index (χ3v) is 3.05. The average Bonchev–Trinajstić information content (AvgIpc) is 2.97. The minimum atomic E-state index is -0.331. The molecule has 0 fully saturated rings. The first-order valence-electron chi connectivity index (χ1n) is 6.95. The number of ether oxygens (including phenoxy) is 3. The molecule has 6 nitrogen and oxygen atoms in total. The summed E-state index contributed by atoms with van der Waals surface area (Å²) in [5.74, 6) is 2.07. The molecule has 0 bridgehead atoms. The summed E-state index contributed by atoms with van der Waals surface area (Å²) < 4.78 is 15.8. The minimum absolute atomic E-state index is 0.206. The highest BCUT2D eigenvalue weighted by Crippen LogP contribution is 2.34. The molecular formula is C16H16N2O4. The Bertz CT molecular complexity index is 670. The van der Waals surface area contributed by atoms with Gasteiger partial charge in [0.05, 0.1) is 6.61 Å². The van der Waals surface area contributed by atoms with Crippen LogP contribution < -0.4 is 24.8 Å². The maximum absolute atomic E-state index is 12.0.